The predicted octanol–water partition coefficient (Wildman–Crippen LogP) is 1.40. The molecule has 0 aromatic heterocycles. The van der Waals surface area contributed by atoms with Gasteiger partial charge in [-0.05, 0) is 12.5 Å². The Morgan fingerprint density at radius 2 is 1.95 bits per heavy atom. The number of urea groups is 1. The Morgan fingerprint density at radius 3 is 2.53 bits per heavy atom. The Morgan fingerprint density at radius 1 is 1.26 bits per heavy atom. The first-order chi connectivity index (χ1) is 9.13. The maximum atomic E-state index is 11.3. The highest BCUT2D eigenvalue weighted by atomic mass is 16.5. The summed E-state index contributed by atoms with van der Waals surface area (Å²) < 4.78 is 4.85. The van der Waals surface area contributed by atoms with Crippen LogP contribution in [-0.4, -0.2) is 24.3 Å². The number of primary amides is 1. The summed E-state index contributed by atoms with van der Waals surface area (Å²) >= 11 is 0. The number of esters is 1. The molecule has 1 aromatic rings. The molecule has 0 aliphatic heterocycles. The molecular formula is C13H17N3O3. The number of hydrazone groups is 1. The summed E-state index contributed by atoms with van der Waals surface area (Å²) in [6.45, 7) is 2.09. The summed E-state index contributed by atoms with van der Waals surface area (Å²) in [5.41, 5.74) is 8.54. The molecule has 0 saturated carbocycles. The van der Waals surface area contributed by atoms with Gasteiger partial charge < -0.3 is 10.5 Å². The van der Waals surface area contributed by atoms with E-state index in [4.69, 9.17) is 10.5 Å². The fourth-order valence-corrected chi connectivity index (χ4v) is 1.47. The minimum atomic E-state index is -0.746. The zero-order valence-corrected chi connectivity index (χ0v) is 10.8. The van der Waals surface area contributed by atoms with Crippen LogP contribution < -0.4 is 11.2 Å². The van der Waals surface area contributed by atoms with Crippen molar-refractivity contribution in [2.45, 2.75) is 19.8 Å². The van der Waals surface area contributed by atoms with Gasteiger partial charge in [0.15, 0.2) is 0 Å². The van der Waals surface area contributed by atoms with Crippen LogP contribution in [0, 0.1) is 0 Å². The van der Waals surface area contributed by atoms with Crippen molar-refractivity contribution in [3.8, 4) is 0 Å². The molecular weight excluding hydrogens is 246 g/mol. The third-order valence-electron chi connectivity index (χ3n) is 2.28. The normalized spacial score (nSPS) is 10.9. The fraction of sp³-hybridized carbons (Fsp3) is 0.308. The second kappa shape index (κ2) is 7.86. The fourth-order valence-electron chi connectivity index (χ4n) is 1.47. The number of nitrogens with zero attached hydrogens (tertiary/aromatic N) is 1. The number of rotatable bonds is 6. The molecule has 0 aliphatic rings. The maximum Gasteiger partial charge on any atom is 0.332 e. The molecule has 0 bridgehead atoms. The van der Waals surface area contributed by atoms with Crippen LogP contribution in [0.25, 0.3) is 0 Å². The molecule has 1 rings (SSSR count). The van der Waals surface area contributed by atoms with E-state index in [1.165, 1.54) is 0 Å². The lowest BCUT2D eigenvalue weighted by Crippen LogP contribution is -2.26. The van der Waals surface area contributed by atoms with Crippen LogP contribution >= 0.6 is 0 Å². The molecule has 0 saturated heterocycles. The predicted molar refractivity (Wildman–Crippen MR) is 71.6 cm³/mol. The standard InChI is InChI=1S/C13H17N3O3/c1-2-19-12(17)9-8-11(15-16-13(14)18)10-6-4-3-5-7-10/h3-7H,2,8-9H2,1H3,(H3,14,16,18)/b15-11+. The van der Waals surface area contributed by atoms with Gasteiger partial charge in [0.1, 0.15) is 0 Å². The first kappa shape index (κ1) is 14.7. The molecule has 0 unspecified atom stereocenters. The lowest BCUT2D eigenvalue weighted by Gasteiger charge is -2.06. The molecule has 2 amide bonds. The highest BCUT2D eigenvalue weighted by molar-refractivity contribution is 6.02. The number of nitrogens with two attached hydrogens (primary N) is 1. The molecule has 19 heavy (non-hydrogen) atoms. The van der Waals surface area contributed by atoms with Crippen molar-refractivity contribution in [3.63, 3.8) is 0 Å². The van der Waals surface area contributed by atoms with Gasteiger partial charge in [0.05, 0.1) is 18.7 Å². The molecule has 6 heteroatoms. The summed E-state index contributed by atoms with van der Waals surface area (Å²) in [6, 6.07) is 8.50. The van der Waals surface area contributed by atoms with Crippen LogP contribution in [-0.2, 0) is 9.53 Å². The zero-order chi connectivity index (χ0) is 14.1. The molecule has 0 spiro atoms. The topological polar surface area (TPSA) is 93.8 Å². The van der Waals surface area contributed by atoms with Crippen LogP contribution in [0.2, 0.25) is 0 Å². The Hall–Kier alpha value is -2.37. The highest BCUT2D eigenvalue weighted by Gasteiger charge is 2.08. The SMILES string of the molecule is CCOC(=O)CC/C(=N\NC(N)=O)c1ccccc1. The zero-order valence-electron chi connectivity index (χ0n) is 10.8. The third-order valence-corrected chi connectivity index (χ3v) is 2.28. The molecule has 0 fully saturated rings. The van der Waals surface area contributed by atoms with E-state index in [1.54, 1.807) is 6.92 Å². The van der Waals surface area contributed by atoms with Crippen LogP contribution in [0.15, 0.2) is 35.4 Å². The Kier molecular flexibility index (Phi) is 6.08. The quantitative estimate of drug-likeness (QED) is 0.461. The molecule has 1 aromatic carbocycles. The Bertz CT molecular complexity index is 457. The molecule has 0 aliphatic carbocycles. The average Bonchev–Trinajstić information content (AvgIpc) is 2.40. The van der Waals surface area contributed by atoms with Crippen molar-refractivity contribution in [2.75, 3.05) is 6.61 Å². The van der Waals surface area contributed by atoms with Crippen molar-refractivity contribution < 1.29 is 14.3 Å². The number of carbonyl (C=O) groups is 2. The van der Waals surface area contributed by atoms with Gasteiger partial charge in [0.2, 0.25) is 0 Å². The number of ether oxygens (including phenoxy) is 1. The van der Waals surface area contributed by atoms with Crippen molar-refractivity contribution in [3.05, 3.63) is 35.9 Å². The summed E-state index contributed by atoms with van der Waals surface area (Å²) in [7, 11) is 0. The van der Waals surface area contributed by atoms with Gasteiger partial charge in [0, 0.05) is 6.42 Å². The number of nitrogens with one attached hydrogen (secondary N) is 1. The van der Waals surface area contributed by atoms with Crippen LogP contribution in [0.5, 0.6) is 0 Å². The second-order valence-electron chi connectivity index (χ2n) is 3.71. The third kappa shape index (κ3) is 5.67. The Balaban J connectivity index is 2.73. The lowest BCUT2D eigenvalue weighted by molar-refractivity contribution is -0.142. The first-order valence-electron chi connectivity index (χ1n) is 5.96. The van der Waals surface area contributed by atoms with Crippen LogP contribution in [0.4, 0.5) is 4.79 Å². The van der Waals surface area contributed by atoms with Gasteiger partial charge in [0.25, 0.3) is 0 Å². The summed E-state index contributed by atoms with van der Waals surface area (Å²) in [5.74, 6) is -0.301. The molecule has 3 N–H and O–H groups in total. The smallest absolute Gasteiger partial charge is 0.332 e. The number of hydrogen-bond acceptors (Lipinski definition) is 4. The van der Waals surface area contributed by atoms with E-state index in [2.05, 4.69) is 10.5 Å². The minimum Gasteiger partial charge on any atom is -0.466 e. The number of hydrogen-bond donors (Lipinski definition) is 2. The number of benzene rings is 1. The van der Waals surface area contributed by atoms with Crippen molar-refractivity contribution in [2.24, 2.45) is 10.8 Å². The Labute approximate surface area is 111 Å². The van der Waals surface area contributed by atoms with E-state index >= 15 is 0 Å². The van der Waals surface area contributed by atoms with E-state index in [1.807, 2.05) is 30.3 Å². The van der Waals surface area contributed by atoms with Crippen LogP contribution in [0.1, 0.15) is 25.3 Å². The molecule has 6 nitrogen and oxygen atoms in total. The van der Waals surface area contributed by atoms with Crippen molar-refractivity contribution in [1.82, 2.24) is 5.43 Å². The van der Waals surface area contributed by atoms with Crippen LogP contribution in [0.3, 0.4) is 0 Å². The van der Waals surface area contributed by atoms with Gasteiger partial charge in [-0.25, -0.2) is 10.2 Å². The lowest BCUT2D eigenvalue weighted by atomic mass is 10.1. The molecule has 102 valence electrons. The summed E-state index contributed by atoms with van der Waals surface area (Å²) in [5, 5.41) is 3.91. The summed E-state index contributed by atoms with van der Waals surface area (Å²) in [4.78, 5) is 22.0. The molecule has 0 atom stereocenters. The van der Waals surface area contributed by atoms with Gasteiger partial charge in [-0.1, -0.05) is 30.3 Å². The van der Waals surface area contributed by atoms with Gasteiger partial charge >= 0.3 is 12.0 Å². The number of amides is 2. The van der Waals surface area contributed by atoms with Gasteiger partial charge in [-0.15, -0.1) is 0 Å². The minimum absolute atomic E-state index is 0.196. The van der Waals surface area contributed by atoms with E-state index in [9.17, 15) is 9.59 Å². The molecule has 0 radical (unpaired) electrons. The van der Waals surface area contributed by atoms with Gasteiger partial charge in [-0.3, -0.25) is 4.79 Å². The van der Waals surface area contributed by atoms with Crippen molar-refractivity contribution >= 4 is 17.7 Å². The van der Waals surface area contributed by atoms with E-state index in [0.717, 1.165) is 5.56 Å². The first-order valence-corrected chi connectivity index (χ1v) is 5.96. The van der Waals surface area contributed by atoms with E-state index in [-0.39, 0.29) is 12.4 Å². The highest BCUT2D eigenvalue weighted by Crippen LogP contribution is 2.07. The maximum absolute atomic E-state index is 11.3. The number of carbonyl (C=O) groups excluding carboxylic acids is 2. The largest absolute Gasteiger partial charge is 0.466 e. The van der Waals surface area contributed by atoms with Gasteiger partial charge in [-0.2, -0.15) is 5.10 Å². The second-order valence-corrected chi connectivity index (χ2v) is 3.71. The van der Waals surface area contributed by atoms with Crippen molar-refractivity contribution in [1.29, 1.82) is 0 Å². The monoisotopic (exact) mass is 263 g/mol. The average molecular weight is 263 g/mol. The van der Waals surface area contributed by atoms with E-state index < -0.39 is 6.03 Å². The summed E-state index contributed by atoms with van der Waals surface area (Å²) in [6.07, 6.45) is 0.561. The van der Waals surface area contributed by atoms with E-state index in [0.29, 0.717) is 18.7 Å². The molecule has 0 heterocycles.